The van der Waals surface area contributed by atoms with Gasteiger partial charge >= 0.3 is 0 Å². The number of anilines is 1. The molecule has 5 heteroatoms. The maximum atomic E-state index is 5.89. The van der Waals surface area contributed by atoms with Crippen LogP contribution in [0.15, 0.2) is 59.6 Å². The second-order valence-electron chi connectivity index (χ2n) is 5.29. The van der Waals surface area contributed by atoms with Crippen LogP contribution in [0.4, 0.5) is 5.69 Å². The number of halogens is 1. The maximum Gasteiger partial charge on any atom is 0.196 e. The summed E-state index contributed by atoms with van der Waals surface area (Å²) in [6.07, 6.45) is 1.91. The van der Waals surface area contributed by atoms with Crippen molar-refractivity contribution in [1.82, 2.24) is 4.90 Å². The second-order valence-corrected chi connectivity index (χ2v) is 6.12. The van der Waals surface area contributed by atoms with Crippen molar-refractivity contribution >= 4 is 40.8 Å². The lowest BCUT2D eigenvalue weighted by molar-refractivity contribution is 0.275. The first kappa shape index (κ1) is 18.6. The van der Waals surface area contributed by atoms with Gasteiger partial charge in [0.1, 0.15) is 0 Å². The van der Waals surface area contributed by atoms with Gasteiger partial charge in [0.25, 0.3) is 0 Å². The summed E-state index contributed by atoms with van der Waals surface area (Å²) in [4.78, 5) is 6.79. The largest absolute Gasteiger partial charge is 0.331 e. The molecule has 0 aromatic heterocycles. The maximum absolute atomic E-state index is 5.89. The molecule has 0 saturated heterocycles. The Bertz CT molecular complexity index is 667. The Morgan fingerprint density at radius 2 is 1.75 bits per heavy atom. The summed E-state index contributed by atoms with van der Waals surface area (Å²) < 4.78 is 0. The Hall–Kier alpha value is -1.75. The molecule has 2 rings (SSSR count). The molecule has 2 aromatic rings. The molecule has 126 valence electrons. The number of nitrogens with one attached hydrogen (secondary N) is 1. The van der Waals surface area contributed by atoms with Crippen LogP contribution in [0.1, 0.15) is 25.5 Å². The van der Waals surface area contributed by atoms with Crippen LogP contribution in [0.2, 0.25) is 5.02 Å². The third kappa shape index (κ3) is 5.41. The molecule has 2 aromatic carbocycles. The number of thiocarbonyl (C=S) groups is 1. The van der Waals surface area contributed by atoms with E-state index in [1.165, 1.54) is 5.56 Å². The first-order valence-electron chi connectivity index (χ1n) is 8.03. The molecule has 0 aliphatic heterocycles. The van der Waals surface area contributed by atoms with Gasteiger partial charge in [-0.15, -0.1) is 0 Å². The second kappa shape index (κ2) is 9.52. The Kier molecular flexibility index (Phi) is 7.37. The van der Waals surface area contributed by atoms with Crippen molar-refractivity contribution in [3.63, 3.8) is 0 Å². The van der Waals surface area contributed by atoms with Crippen molar-refractivity contribution in [3.05, 3.63) is 65.2 Å². The van der Waals surface area contributed by atoms with E-state index in [-0.39, 0.29) is 6.04 Å². The van der Waals surface area contributed by atoms with Crippen LogP contribution < -0.4 is 5.32 Å². The number of hydrogen-bond acceptors (Lipinski definition) is 2. The molecule has 0 heterocycles. The summed E-state index contributed by atoms with van der Waals surface area (Å²) in [5, 5.41) is 4.24. The van der Waals surface area contributed by atoms with Crippen LogP contribution in [0.25, 0.3) is 0 Å². The molecule has 0 radical (unpaired) electrons. The van der Waals surface area contributed by atoms with Crippen LogP contribution >= 0.6 is 23.8 Å². The standard InChI is InChI=1S/C19H22ClN3S/c1-3-23(4-2)18(15-8-6-5-7-9-15)14-21-19(24)22-17-12-10-16(20)11-13-17/h5-14,18H,3-4H2,1-2H3,(H,22,24). The lowest BCUT2D eigenvalue weighted by atomic mass is 10.1. The van der Waals surface area contributed by atoms with Gasteiger partial charge in [-0.25, -0.2) is 4.99 Å². The summed E-state index contributed by atoms with van der Waals surface area (Å²) >= 11 is 11.2. The highest BCUT2D eigenvalue weighted by atomic mass is 35.5. The average Bonchev–Trinajstić information content (AvgIpc) is 2.61. The number of hydrogen-bond donors (Lipinski definition) is 1. The van der Waals surface area contributed by atoms with E-state index in [0.29, 0.717) is 10.1 Å². The molecule has 1 atom stereocenters. The van der Waals surface area contributed by atoms with Crippen LogP contribution in [0.3, 0.4) is 0 Å². The molecule has 0 bridgehead atoms. The van der Waals surface area contributed by atoms with E-state index in [2.05, 4.69) is 41.2 Å². The molecule has 3 nitrogen and oxygen atoms in total. The first-order valence-corrected chi connectivity index (χ1v) is 8.82. The molecule has 1 unspecified atom stereocenters. The number of benzene rings is 2. The van der Waals surface area contributed by atoms with Gasteiger partial charge in [0.2, 0.25) is 0 Å². The molecule has 0 saturated carbocycles. The van der Waals surface area contributed by atoms with Crippen molar-refractivity contribution in [2.75, 3.05) is 18.4 Å². The van der Waals surface area contributed by atoms with E-state index in [1.807, 2.05) is 48.7 Å². The van der Waals surface area contributed by atoms with E-state index >= 15 is 0 Å². The predicted molar refractivity (Wildman–Crippen MR) is 108 cm³/mol. The van der Waals surface area contributed by atoms with Gasteiger partial charge in [0.15, 0.2) is 5.11 Å². The van der Waals surface area contributed by atoms with Gasteiger partial charge < -0.3 is 5.32 Å². The molecule has 0 aliphatic rings. The highest BCUT2D eigenvalue weighted by molar-refractivity contribution is 7.80. The molecule has 1 N–H and O–H groups in total. The Labute approximate surface area is 154 Å². The molecule has 24 heavy (non-hydrogen) atoms. The summed E-state index contributed by atoms with van der Waals surface area (Å²) in [7, 11) is 0. The van der Waals surface area contributed by atoms with Gasteiger partial charge in [-0.2, -0.15) is 0 Å². The minimum absolute atomic E-state index is 0.103. The topological polar surface area (TPSA) is 27.6 Å². The van der Waals surface area contributed by atoms with Gasteiger partial charge in [-0.3, -0.25) is 4.90 Å². The fourth-order valence-electron chi connectivity index (χ4n) is 2.49. The lowest BCUT2D eigenvalue weighted by Crippen LogP contribution is -2.29. The van der Waals surface area contributed by atoms with Crippen LogP contribution in [0, 0.1) is 0 Å². The third-order valence-electron chi connectivity index (χ3n) is 3.78. The Morgan fingerprint density at radius 1 is 1.12 bits per heavy atom. The van der Waals surface area contributed by atoms with Crippen molar-refractivity contribution in [2.45, 2.75) is 19.9 Å². The van der Waals surface area contributed by atoms with Crippen LogP contribution in [-0.4, -0.2) is 29.3 Å². The average molecular weight is 360 g/mol. The van der Waals surface area contributed by atoms with Gasteiger partial charge in [0, 0.05) is 16.9 Å². The molecular weight excluding hydrogens is 338 g/mol. The van der Waals surface area contributed by atoms with Crippen molar-refractivity contribution in [2.24, 2.45) is 4.99 Å². The Balaban J connectivity index is 2.11. The number of rotatable bonds is 6. The fraction of sp³-hybridized carbons (Fsp3) is 0.263. The zero-order chi connectivity index (χ0) is 17.4. The molecule has 0 aliphatic carbocycles. The molecular formula is C19H22ClN3S. The van der Waals surface area contributed by atoms with Crippen molar-refractivity contribution in [1.29, 1.82) is 0 Å². The summed E-state index contributed by atoms with van der Waals surface area (Å²) in [5.74, 6) is 0. The Morgan fingerprint density at radius 3 is 2.33 bits per heavy atom. The molecule has 0 spiro atoms. The van der Waals surface area contributed by atoms with Crippen molar-refractivity contribution < 1.29 is 0 Å². The predicted octanol–water partition coefficient (Wildman–Crippen LogP) is 5.19. The quantitative estimate of drug-likeness (QED) is 0.568. The minimum Gasteiger partial charge on any atom is -0.331 e. The normalized spacial score (nSPS) is 12.5. The van der Waals surface area contributed by atoms with Crippen LogP contribution in [0.5, 0.6) is 0 Å². The third-order valence-corrected chi connectivity index (χ3v) is 4.23. The minimum atomic E-state index is 0.103. The fourth-order valence-corrected chi connectivity index (χ4v) is 2.79. The van der Waals surface area contributed by atoms with Gasteiger partial charge in [0.05, 0.1) is 6.04 Å². The lowest BCUT2D eigenvalue weighted by Gasteiger charge is -2.27. The first-order chi connectivity index (χ1) is 11.6. The van der Waals surface area contributed by atoms with Gasteiger partial charge in [-0.1, -0.05) is 55.8 Å². The molecule has 0 amide bonds. The molecule has 0 fully saturated rings. The van der Waals surface area contributed by atoms with E-state index in [0.717, 1.165) is 18.8 Å². The van der Waals surface area contributed by atoms with E-state index in [4.69, 9.17) is 23.8 Å². The van der Waals surface area contributed by atoms with E-state index in [1.54, 1.807) is 0 Å². The summed E-state index contributed by atoms with van der Waals surface area (Å²) in [6, 6.07) is 17.8. The summed E-state index contributed by atoms with van der Waals surface area (Å²) in [5.41, 5.74) is 2.08. The number of aliphatic imine (C=N–C) groups is 1. The van der Waals surface area contributed by atoms with Crippen LogP contribution in [-0.2, 0) is 0 Å². The van der Waals surface area contributed by atoms with E-state index < -0.39 is 0 Å². The smallest absolute Gasteiger partial charge is 0.196 e. The van der Waals surface area contributed by atoms with Gasteiger partial charge in [-0.05, 0) is 55.1 Å². The monoisotopic (exact) mass is 359 g/mol. The van der Waals surface area contributed by atoms with Crippen molar-refractivity contribution in [3.8, 4) is 0 Å². The number of nitrogens with zero attached hydrogens (tertiary/aromatic N) is 2. The zero-order valence-corrected chi connectivity index (χ0v) is 15.5. The van der Waals surface area contributed by atoms with E-state index in [9.17, 15) is 0 Å². The zero-order valence-electron chi connectivity index (χ0n) is 13.9. The SMILES string of the molecule is CCN(CC)C(C=NC(=S)Nc1ccc(Cl)cc1)c1ccccc1. The highest BCUT2D eigenvalue weighted by Crippen LogP contribution is 2.19. The highest BCUT2D eigenvalue weighted by Gasteiger charge is 2.15. The summed E-state index contributed by atoms with van der Waals surface area (Å²) in [6.45, 7) is 6.19.